The van der Waals surface area contributed by atoms with Crippen molar-refractivity contribution < 1.29 is 0 Å². The van der Waals surface area contributed by atoms with Crippen molar-refractivity contribution in [3.63, 3.8) is 0 Å². The first-order valence-corrected chi connectivity index (χ1v) is 4.88. The van der Waals surface area contributed by atoms with Crippen LogP contribution < -0.4 is 11.0 Å². The van der Waals surface area contributed by atoms with Crippen molar-refractivity contribution >= 4 is 12.2 Å². The molecule has 0 amide bonds. The molecule has 0 saturated carbocycles. The zero-order valence-corrected chi connectivity index (χ0v) is 9.08. The highest BCUT2D eigenvalue weighted by atomic mass is 16.1. The fourth-order valence-electron chi connectivity index (χ4n) is 1.06. The van der Waals surface area contributed by atoms with Crippen LogP contribution >= 0.6 is 0 Å². The van der Waals surface area contributed by atoms with Crippen LogP contribution in [0.25, 0.3) is 0 Å². The number of nitrogens with one attached hydrogen (secondary N) is 2. The standard InChI is InChI=1S/C10H10N6O/c1-7-9(17)13-10(16-14-7)15-12-6-8-3-2-4-11-5-8/h2-6H,1H3,(H2,13,15,16,17)/b12-6-. The molecule has 0 atom stereocenters. The summed E-state index contributed by atoms with van der Waals surface area (Å²) in [4.78, 5) is 17.6. The van der Waals surface area contributed by atoms with Crippen molar-refractivity contribution in [3.8, 4) is 0 Å². The van der Waals surface area contributed by atoms with E-state index in [9.17, 15) is 4.79 Å². The summed E-state index contributed by atoms with van der Waals surface area (Å²) in [6, 6.07) is 3.65. The fraction of sp³-hybridized carbons (Fsp3) is 0.100. The molecule has 0 aromatic carbocycles. The maximum Gasteiger partial charge on any atom is 0.274 e. The number of rotatable bonds is 3. The van der Waals surface area contributed by atoms with Crippen LogP contribution in [0.5, 0.6) is 0 Å². The van der Waals surface area contributed by atoms with Crippen molar-refractivity contribution in [2.75, 3.05) is 5.43 Å². The Labute approximate surface area is 96.6 Å². The van der Waals surface area contributed by atoms with Crippen molar-refractivity contribution in [1.82, 2.24) is 20.2 Å². The fourth-order valence-corrected chi connectivity index (χ4v) is 1.06. The van der Waals surface area contributed by atoms with Crippen molar-refractivity contribution in [3.05, 3.63) is 46.1 Å². The molecular weight excluding hydrogens is 220 g/mol. The summed E-state index contributed by atoms with van der Waals surface area (Å²) >= 11 is 0. The minimum atomic E-state index is -0.293. The van der Waals surface area contributed by atoms with Gasteiger partial charge in [0.1, 0.15) is 5.69 Å². The molecule has 0 saturated heterocycles. The zero-order chi connectivity index (χ0) is 12.1. The van der Waals surface area contributed by atoms with Gasteiger partial charge in [0.05, 0.1) is 6.21 Å². The molecule has 0 aliphatic heterocycles. The van der Waals surface area contributed by atoms with Gasteiger partial charge in [-0.15, -0.1) is 10.2 Å². The Morgan fingerprint density at radius 3 is 3.06 bits per heavy atom. The predicted molar refractivity (Wildman–Crippen MR) is 62.8 cm³/mol. The molecule has 2 aromatic heterocycles. The van der Waals surface area contributed by atoms with Crippen molar-refractivity contribution in [2.24, 2.45) is 5.10 Å². The monoisotopic (exact) mass is 230 g/mol. The van der Waals surface area contributed by atoms with E-state index in [2.05, 4.69) is 30.7 Å². The summed E-state index contributed by atoms with van der Waals surface area (Å²) in [7, 11) is 0. The van der Waals surface area contributed by atoms with E-state index in [0.29, 0.717) is 5.69 Å². The lowest BCUT2D eigenvalue weighted by molar-refractivity contribution is 0.897. The summed E-state index contributed by atoms with van der Waals surface area (Å²) < 4.78 is 0. The van der Waals surface area contributed by atoms with E-state index in [1.807, 2.05) is 6.07 Å². The quantitative estimate of drug-likeness (QED) is 0.584. The molecule has 0 aliphatic rings. The molecule has 2 aromatic rings. The smallest absolute Gasteiger partial charge is 0.274 e. The number of H-pyrrole nitrogens is 1. The van der Waals surface area contributed by atoms with E-state index < -0.39 is 0 Å². The molecule has 17 heavy (non-hydrogen) atoms. The Kier molecular flexibility index (Phi) is 3.20. The normalized spacial score (nSPS) is 10.6. The average molecular weight is 230 g/mol. The van der Waals surface area contributed by atoms with Gasteiger partial charge in [0.15, 0.2) is 0 Å². The van der Waals surface area contributed by atoms with Crippen molar-refractivity contribution in [2.45, 2.75) is 6.92 Å². The molecule has 0 unspecified atom stereocenters. The van der Waals surface area contributed by atoms with Crippen molar-refractivity contribution in [1.29, 1.82) is 0 Å². The summed E-state index contributed by atoms with van der Waals surface area (Å²) in [6.07, 6.45) is 4.90. The molecule has 0 aliphatic carbocycles. The number of aryl methyl sites for hydroxylation is 1. The number of nitrogens with zero attached hydrogens (tertiary/aromatic N) is 4. The molecule has 86 valence electrons. The van der Waals surface area contributed by atoms with Crippen LogP contribution in [0.15, 0.2) is 34.4 Å². The zero-order valence-electron chi connectivity index (χ0n) is 9.08. The highest BCUT2D eigenvalue weighted by molar-refractivity contribution is 5.79. The highest BCUT2D eigenvalue weighted by Crippen LogP contribution is 1.93. The number of aromatic amines is 1. The van der Waals surface area contributed by atoms with Crippen LogP contribution in [0.3, 0.4) is 0 Å². The SMILES string of the molecule is Cc1nnc(N/N=C\c2cccnc2)[nH]c1=O. The second-order valence-electron chi connectivity index (χ2n) is 3.24. The summed E-state index contributed by atoms with van der Waals surface area (Å²) in [5.41, 5.74) is 3.43. The molecule has 2 heterocycles. The van der Waals surface area contributed by atoms with Gasteiger partial charge < -0.3 is 0 Å². The Balaban J connectivity index is 2.05. The Morgan fingerprint density at radius 1 is 1.47 bits per heavy atom. The van der Waals surface area contributed by atoms with Crippen LogP contribution in [0.1, 0.15) is 11.3 Å². The Bertz CT molecular complexity index is 577. The van der Waals surface area contributed by atoms with E-state index in [1.54, 1.807) is 31.6 Å². The van der Waals surface area contributed by atoms with Gasteiger partial charge in [-0.1, -0.05) is 6.07 Å². The van der Waals surface area contributed by atoms with Gasteiger partial charge >= 0.3 is 0 Å². The van der Waals surface area contributed by atoms with Crippen LogP contribution in [0.2, 0.25) is 0 Å². The van der Waals surface area contributed by atoms with Gasteiger partial charge in [0, 0.05) is 18.0 Å². The lowest BCUT2D eigenvalue weighted by Crippen LogP contribution is -2.15. The second kappa shape index (κ2) is 4.97. The van der Waals surface area contributed by atoms with E-state index in [0.717, 1.165) is 5.56 Å². The van der Waals surface area contributed by atoms with E-state index in [4.69, 9.17) is 0 Å². The summed E-state index contributed by atoms with van der Waals surface area (Å²) in [5, 5.41) is 11.3. The molecule has 7 heteroatoms. The van der Waals surface area contributed by atoms with Crippen LogP contribution in [-0.4, -0.2) is 26.4 Å². The number of aromatic nitrogens is 4. The number of hydrogen-bond donors (Lipinski definition) is 2. The van der Waals surface area contributed by atoms with Gasteiger partial charge in [-0.3, -0.25) is 14.8 Å². The minimum Gasteiger partial charge on any atom is -0.288 e. The first-order valence-electron chi connectivity index (χ1n) is 4.88. The Morgan fingerprint density at radius 2 is 2.35 bits per heavy atom. The van der Waals surface area contributed by atoms with Crippen LogP contribution in [0.4, 0.5) is 5.95 Å². The number of hydrazone groups is 1. The number of pyridine rings is 1. The molecule has 0 fully saturated rings. The topological polar surface area (TPSA) is 95.9 Å². The molecular formula is C10H10N6O. The lowest BCUT2D eigenvalue weighted by atomic mass is 10.3. The average Bonchev–Trinajstić information content (AvgIpc) is 2.35. The van der Waals surface area contributed by atoms with Crippen LogP contribution in [0, 0.1) is 6.92 Å². The third kappa shape index (κ3) is 2.94. The van der Waals surface area contributed by atoms with E-state index in [-0.39, 0.29) is 11.5 Å². The maximum absolute atomic E-state index is 11.2. The minimum absolute atomic E-state index is 0.195. The second-order valence-corrected chi connectivity index (χ2v) is 3.24. The van der Waals surface area contributed by atoms with Crippen LogP contribution in [-0.2, 0) is 0 Å². The summed E-state index contributed by atoms with van der Waals surface area (Å²) in [6.45, 7) is 1.58. The lowest BCUT2D eigenvalue weighted by Gasteiger charge is -1.97. The van der Waals surface area contributed by atoms with Gasteiger partial charge in [0.2, 0.25) is 5.95 Å². The van der Waals surface area contributed by atoms with Gasteiger partial charge in [-0.2, -0.15) is 5.10 Å². The largest absolute Gasteiger partial charge is 0.288 e. The molecule has 0 radical (unpaired) electrons. The third-order valence-corrected chi connectivity index (χ3v) is 1.93. The summed E-state index contributed by atoms with van der Waals surface area (Å²) in [5.74, 6) is 0.195. The molecule has 0 spiro atoms. The molecule has 2 N–H and O–H groups in total. The molecule has 2 rings (SSSR count). The van der Waals surface area contributed by atoms with Gasteiger partial charge in [0.25, 0.3) is 5.56 Å². The maximum atomic E-state index is 11.2. The van der Waals surface area contributed by atoms with Gasteiger partial charge in [-0.25, -0.2) is 5.43 Å². The van der Waals surface area contributed by atoms with Gasteiger partial charge in [-0.05, 0) is 13.0 Å². The number of hydrogen-bond acceptors (Lipinski definition) is 6. The van der Waals surface area contributed by atoms with E-state index in [1.165, 1.54) is 0 Å². The Hall–Kier alpha value is -2.57. The molecule has 0 bridgehead atoms. The third-order valence-electron chi connectivity index (χ3n) is 1.93. The highest BCUT2D eigenvalue weighted by Gasteiger charge is 1.97. The first-order chi connectivity index (χ1) is 8.25. The van der Waals surface area contributed by atoms with E-state index >= 15 is 0 Å². The number of anilines is 1. The predicted octanol–water partition coefficient (Wildman–Crippen LogP) is 0.314. The first kappa shape index (κ1) is 10.9. The molecule has 7 nitrogen and oxygen atoms in total.